The summed E-state index contributed by atoms with van der Waals surface area (Å²) in [6, 6.07) is 0.652. The van der Waals surface area contributed by atoms with Gasteiger partial charge in [0, 0.05) is 24.9 Å². The lowest BCUT2D eigenvalue weighted by Crippen LogP contribution is -2.39. The van der Waals surface area contributed by atoms with Crippen molar-refractivity contribution in [3.05, 3.63) is 0 Å². The van der Waals surface area contributed by atoms with Crippen molar-refractivity contribution in [3.63, 3.8) is 0 Å². The maximum absolute atomic E-state index is 3.53. The molecular weight excluding hydrogens is 204 g/mol. The van der Waals surface area contributed by atoms with Crippen molar-refractivity contribution in [1.82, 2.24) is 10.2 Å². The molecule has 0 aromatic rings. The van der Waals surface area contributed by atoms with Crippen molar-refractivity contribution in [2.24, 2.45) is 0 Å². The first-order valence-electron chi connectivity index (χ1n) is 6.12. The number of likely N-dealkylation sites (N-methyl/N-ethyl adjacent to an activating group) is 1. The van der Waals surface area contributed by atoms with Gasteiger partial charge in [-0.25, -0.2) is 0 Å². The fourth-order valence-corrected chi connectivity index (χ4v) is 1.89. The highest BCUT2D eigenvalue weighted by molar-refractivity contribution is 7.98. The van der Waals surface area contributed by atoms with Gasteiger partial charge in [0.2, 0.25) is 0 Å². The largest absolute Gasteiger partial charge is 0.315 e. The maximum atomic E-state index is 3.53. The van der Waals surface area contributed by atoms with Crippen LogP contribution in [-0.4, -0.2) is 49.6 Å². The Morgan fingerprint density at radius 1 is 1.33 bits per heavy atom. The number of hydrogen-bond acceptors (Lipinski definition) is 3. The maximum Gasteiger partial charge on any atom is 0.0189 e. The molecule has 0 aromatic carbocycles. The van der Waals surface area contributed by atoms with Crippen LogP contribution < -0.4 is 5.32 Å². The van der Waals surface area contributed by atoms with Gasteiger partial charge in [-0.05, 0) is 33.2 Å². The lowest BCUT2D eigenvalue weighted by atomic mass is 10.2. The van der Waals surface area contributed by atoms with Crippen LogP contribution in [0.3, 0.4) is 0 Å². The van der Waals surface area contributed by atoms with E-state index in [2.05, 4.69) is 37.4 Å². The summed E-state index contributed by atoms with van der Waals surface area (Å²) in [6.45, 7) is 8.04. The minimum atomic E-state index is 0.652. The van der Waals surface area contributed by atoms with Gasteiger partial charge >= 0.3 is 0 Å². The molecule has 1 atom stereocenters. The fraction of sp³-hybridized carbons (Fsp3) is 1.00. The molecule has 0 aromatic heterocycles. The van der Waals surface area contributed by atoms with Crippen molar-refractivity contribution >= 4 is 11.8 Å². The van der Waals surface area contributed by atoms with E-state index in [9.17, 15) is 0 Å². The van der Waals surface area contributed by atoms with Gasteiger partial charge in [-0.15, -0.1) is 0 Å². The van der Waals surface area contributed by atoms with Gasteiger partial charge in [0.05, 0.1) is 0 Å². The van der Waals surface area contributed by atoms with Crippen LogP contribution in [0.5, 0.6) is 0 Å². The molecule has 0 heterocycles. The molecule has 0 aliphatic heterocycles. The predicted molar refractivity (Wildman–Crippen MR) is 72.9 cm³/mol. The molecule has 0 spiro atoms. The molecule has 0 rings (SSSR count). The Morgan fingerprint density at radius 3 is 2.67 bits per heavy atom. The summed E-state index contributed by atoms with van der Waals surface area (Å²) in [6.07, 6.45) is 6.15. The van der Waals surface area contributed by atoms with Crippen LogP contribution in [0.25, 0.3) is 0 Å². The Labute approximate surface area is 100 Å². The molecule has 92 valence electrons. The molecule has 1 N–H and O–H groups in total. The second-order valence-corrected chi connectivity index (χ2v) is 5.22. The molecule has 1 unspecified atom stereocenters. The van der Waals surface area contributed by atoms with Crippen molar-refractivity contribution in [2.45, 2.75) is 39.2 Å². The summed E-state index contributed by atoms with van der Waals surface area (Å²) in [5.41, 5.74) is 0. The summed E-state index contributed by atoms with van der Waals surface area (Å²) in [5.74, 6) is 1.23. The molecular formula is C12H28N2S. The molecule has 0 fully saturated rings. The minimum absolute atomic E-state index is 0.652. The molecule has 0 aliphatic rings. The highest BCUT2D eigenvalue weighted by Crippen LogP contribution is 1.98. The summed E-state index contributed by atoms with van der Waals surface area (Å²) in [7, 11) is 2.22. The zero-order chi connectivity index (χ0) is 11.5. The van der Waals surface area contributed by atoms with Crippen LogP contribution in [0.15, 0.2) is 0 Å². The van der Waals surface area contributed by atoms with Gasteiger partial charge < -0.3 is 10.2 Å². The first-order chi connectivity index (χ1) is 7.22. The number of thioether (sulfide) groups is 1. The predicted octanol–water partition coefficient (Wildman–Crippen LogP) is 2.45. The number of nitrogens with one attached hydrogen (secondary N) is 1. The van der Waals surface area contributed by atoms with Crippen LogP contribution in [0.4, 0.5) is 0 Å². The molecule has 0 aliphatic carbocycles. The van der Waals surface area contributed by atoms with Gasteiger partial charge in [0.25, 0.3) is 0 Å². The van der Waals surface area contributed by atoms with Crippen LogP contribution >= 0.6 is 11.8 Å². The monoisotopic (exact) mass is 232 g/mol. The van der Waals surface area contributed by atoms with Gasteiger partial charge in [0.15, 0.2) is 0 Å². The van der Waals surface area contributed by atoms with Crippen LogP contribution in [0.2, 0.25) is 0 Å². The van der Waals surface area contributed by atoms with Gasteiger partial charge in [0.1, 0.15) is 0 Å². The standard InChI is InChI=1S/C12H28N2S/c1-5-6-7-8-13-11-12(2)14(3)9-10-15-4/h12-13H,5-11H2,1-4H3. The molecule has 0 radical (unpaired) electrons. The Morgan fingerprint density at radius 2 is 2.07 bits per heavy atom. The molecule has 0 saturated carbocycles. The topological polar surface area (TPSA) is 15.3 Å². The van der Waals surface area contributed by atoms with Crippen molar-refractivity contribution < 1.29 is 0 Å². The first-order valence-corrected chi connectivity index (χ1v) is 7.51. The van der Waals surface area contributed by atoms with E-state index in [4.69, 9.17) is 0 Å². The number of unbranched alkanes of at least 4 members (excludes halogenated alkanes) is 2. The summed E-state index contributed by atoms with van der Waals surface area (Å²) >= 11 is 1.92. The summed E-state index contributed by atoms with van der Waals surface area (Å²) in [4.78, 5) is 2.43. The smallest absolute Gasteiger partial charge is 0.0189 e. The van der Waals surface area contributed by atoms with Gasteiger partial charge in [-0.2, -0.15) is 11.8 Å². The van der Waals surface area contributed by atoms with E-state index in [1.165, 1.54) is 38.1 Å². The number of rotatable bonds is 10. The van der Waals surface area contributed by atoms with E-state index in [0.29, 0.717) is 6.04 Å². The van der Waals surface area contributed by atoms with Crippen LogP contribution in [-0.2, 0) is 0 Å². The first kappa shape index (κ1) is 15.3. The third kappa shape index (κ3) is 9.21. The van der Waals surface area contributed by atoms with Gasteiger partial charge in [-0.1, -0.05) is 19.8 Å². The van der Waals surface area contributed by atoms with E-state index >= 15 is 0 Å². The molecule has 0 bridgehead atoms. The van der Waals surface area contributed by atoms with E-state index in [1.807, 2.05) is 11.8 Å². The van der Waals surface area contributed by atoms with Crippen molar-refractivity contribution in [2.75, 3.05) is 38.7 Å². The lowest BCUT2D eigenvalue weighted by molar-refractivity contribution is 0.265. The highest BCUT2D eigenvalue weighted by Gasteiger charge is 2.07. The number of hydrogen-bond donors (Lipinski definition) is 1. The van der Waals surface area contributed by atoms with Crippen molar-refractivity contribution in [3.8, 4) is 0 Å². The van der Waals surface area contributed by atoms with E-state index in [-0.39, 0.29) is 0 Å². The average molecular weight is 232 g/mol. The summed E-state index contributed by atoms with van der Waals surface area (Å²) in [5, 5.41) is 3.53. The third-order valence-corrected chi connectivity index (χ3v) is 3.39. The van der Waals surface area contributed by atoms with E-state index in [0.717, 1.165) is 6.54 Å². The zero-order valence-electron chi connectivity index (χ0n) is 10.9. The second-order valence-electron chi connectivity index (χ2n) is 4.23. The third-order valence-electron chi connectivity index (χ3n) is 2.80. The average Bonchev–Trinajstić information content (AvgIpc) is 2.25. The summed E-state index contributed by atoms with van der Waals surface area (Å²) < 4.78 is 0. The van der Waals surface area contributed by atoms with Crippen LogP contribution in [0, 0.1) is 0 Å². The number of nitrogens with zero attached hydrogens (tertiary/aromatic N) is 1. The van der Waals surface area contributed by atoms with E-state index in [1.54, 1.807) is 0 Å². The Hall–Kier alpha value is 0.270. The Kier molecular flexibility index (Phi) is 11.0. The molecule has 3 heteroatoms. The molecule has 15 heavy (non-hydrogen) atoms. The lowest BCUT2D eigenvalue weighted by Gasteiger charge is -2.24. The Balaban J connectivity index is 3.34. The van der Waals surface area contributed by atoms with E-state index < -0.39 is 0 Å². The molecule has 0 saturated heterocycles. The fourth-order valence-electron chi connectivity index (χ4n) is 1.42. The molecule has 2 nitrogen and oxygen atoms in total. The quantitative estimate of drug-likeness (QED) is 0.583. The normalized spacial score (nSPS) is 13.4. The van der Waals surface area contributed by atoms with Gasteiger partial charge in [-0.3, -0.25) is 0 Å². The SMILES string of the molecule is CCCCCNCC(C)N(C)CCSC. The highest BCUT2D eigenvalue weighted by atomic mass is 32.2. The minimum Gasteiger partial charge on any atom is -0.315 e. The zero-order valence-corrected chi connectivity index (χ0v) is 11.7. The second kappa shape index (κ2) is 10.8. The Bertz CT molecular complexity index is 131. The van der Waals surface area contributed by atoms with Crippen LogP contribution in [0.1, 0.15) is 33.1 Å². The molecule has 0 amide bonds. The van der Waals surface area contributed by atoms with Crippen molar-refractivity contribution in [1.29, 1.82) is 0 Å².